The highest BCUT2D eigenvalue weighted by Crippen LogP contribution is 2.25. The van der Waals surface area contributed by atoms with Crippen LogP contribution in [0.2, 0.25) is 5.15 Å². The summed E-state index contributed by atoms with van der Waals surface area (Å²) < 4.78 is 11.2. The summed E-state index contributed by atoms with van der Waals surface area (Å²) in [5, 5.41) is 9.62. The van der Waals surface area contributed by atoms with Gasteiger partial charge in [0.05, 0.1) is 24.6 Å². The lowest BCUT2D eigenvalue weighted by Crippen LogP contribution is -2.26. The third-order valence-corrected chi connectivity index (χ3v) is 3.53. The van der Waals surface area contributed by atoms with Gasteiger partial charge in [-0.2, -0.15) is 5.26 Å². The molecule has 0 unspecified atom stereocenters. The van der Waals surface area contributed by atoms with Crippen LogP contribution in [0.4, 0.5) is 0 Å². The maximum absolute atomic E-state index is 9.30. The fourth-order valence-corrected chi connectivity index (χ4v) is 2.36. The van der Waals surface area contributed by atoms with E-state index in [1.54, 1.807) is 18.2 Å². The number of nitrogens with zero attached hydrogens (tertiary/aromatic N) is 4. The Morgan fingerprint density at radius 1 is 1.23 bits per heavy atom. The Bertz CT molecular complexity index is 711. The highest BCUT2D eigenvalue weighted by molar-refractivity contribution is 6.29. The molecule has 7 heteroatoms. The van der Waals surface area contributed by atoms with Crippen LogP contribution in [0, 0.1) is 11.3 Å². The van der Waals surface area contributed by atoms with Gasteiger partial charge < -0.3 is 9.47 Å². The van der Waals surface area contributed by atoms with Crippen molar-refractivity contribution < 1.29 is 9.47 Å². The number of pyridine rings is 1. The third kappa shape index (κ3) is 3.32. The van der Waals surface area contributed by atoms with Crippen molar-refractivity contribution in [3.8, 4) is 23.2 Å². The molecular formula is C15H13ClN4O2. The number of hydrogen-bond donors (Lipinski definition) is 0. The molecule has 3 heterocycles. The number of ether oxygens (including phenoxy) is 2. The minimum Gasteiger partial charge on any atom is -0.487 e. The largest absolute Gasteiger partial charge is 0.487 e. The standard InChI is InChI=1S/C15H13ClN4O2/c16-15-7-12(18-9-19-15)11-1-2-14(13(8-17)20-11)22-10-3-5-21-6-4-10/h1-2,7,9-10H,3-6H2. The number of rotatable bonds is 3. The topological polar surface area (TPSA) is 80.9 Å². The average Bonchev–Trinajstić information content (AvgIpc) is 2.56. The Labute approximate surface area is 132 Å². The number of aromatic nitrogens is 3. The zero-order valence-electron chi connectivity index (χ0n) is 11.7. The molecule has 1 saturated heterocycles. The molecule has 2 aromatic heterocycles. The molecule has 0 aliphatic carbocycles. The van der Waals surface area contributed by atoms with Crippen molar-refractivity contribution in [3.63, 3.8) is 0 Å². The van der Waals surface area contributed by atoms with E-state index in [9.17, 15) is 5.26 Å². The van der Waals surface area contributed by atoms with E-state index in [4.69, 9.17) is 21.1 Å². The van der Waals surface area contributed by atoms with Crippen molar-refractivity contribution >= 4 is 11.6 Å². The monoisotopic (exact) mass is 316 g/mol. The molecule has 6 nitrogen and oxygen atoms in total. The van der Waals surface area contributed by atoms with Crippen LogP contribution in [0.1, 0.15) is 18.5 Å². The summed E-state index contributed by atoms with van der Waals surface area (Å²) in [4.78, 5) is 12.2. The molecule has 0 saturated carbocycles. The summed E-state index contributed by atoms with van der Waals surface area (Å²) in [6.45, 7) is 1.36. The van der Waals surface area contributed by atoms with Crippen LogP contribution in [0.5, 0.6) is 5.75 Å². The molecule has 112 valence electrons. The highest BCUT2D eigenvalue weighted by atomic mass is 35.5. The molecular weight excluding hydrogens is 304 g/mol. The summed E-state index contributed by atoms with van der Waals surface area (Å²) in [6.07, 6.45) is 3.04. The van der Waals surface area contributed by atoms with Crippen LogP contribution in [-0.4, -0.2) is 34.3 Å². The predicted molar refractivity (Wildman–Crippen MR) is 79.5 cm³/mol. The van der Waals surface area contributed by atoms with Crippen molar-refractivity contribution in [2.24, 2.45) is 0 Å². The first kappa shape index (κ1) is 14.7. The van der Waals surface area contributed by atoms with E-state index in [2.05, 4.69) is 21.0 Å². The average molecular weight is 317 g/mol. The van der Waals surface area contributed by atoms with Crippen molar-refractivity contribution in [2.45, 2.75) is 18.9 Å². The molecule has 0 atom stereocenters. The van der Waals surface area contributed by atoms with Gasteiger partial charge in [0, 0.05) is 18.9 Å². The molecule has 22 heavy (non-hydrogen) atoms. The lowest BCUT2D eigenvalue weighted by Gasteiger charge is -2.23. The molecule has 0 radical (unpaired) electrons. The second kappa shape index (κ2) is 6.69. The summed E-state index contributed by atoms with van der Waals surface area (Å²) >= 11 is 5.85. The van der Waals surface area contributed by atoms with Gasteiger partial charge in [0.15, 0.2) is 11.4 Å². The van der Waals surface area contributed by atoms with Gasteiger partial charge in [-0.15, -0.1) is 0 Å². The van der Waals surface area contributed by atoms with Crippen molar-refractivity contribution in [3.05, 3.63) is 35.4 Å². The molecule has 3 rings (SSSR count). The molecule has 2 aromatic rings. The third-order valence-electron chi connectivity index (χ3n) is 3.32. The predicted octanol–water partition coefficient (Wildman–Crippen LogP) is 2.62. The maximum Gasteiger partial charge on any atom is 0.183 e. The molecule has 0 N–H and O–H groups in total. The summed E-state index contributed by atoms with van der Waals surface area (Å²) in [6, 6.07) is 7.17. The van der Waals surface area contributed by atoms with Crippen LogP contribution in [0.15, 0.2) is 24.5 Å². The summed E-state index contributed by atoms with van der Waals surface area (Å²) in [5.74, 6) is 0.485. The van der Waals surface area contributed by atoms with Crippen molar-refractivity contribution in [1.82, 2.24) is 15.0 Å². The Morgan fingerprint density at radius 2 is 2.05 bits per heavy atom. The quantitative estimate of drug-likeness (QED) is 0.810. The minimum atomic E-state index is 0.0574. The molecule has 1 aliphatic heterocycles. The molecule has 1 aliphatic rings. The van der Waals surface area contributed by atoms with Gasteiger partial charge in [-0.1, -0.05) is 11.6 Å². The van der Waals surface area contributed by atoms with Crippen molar-refractivity contribution in [2.75, 3.05) is 13.2 Å². The zero-order valence-corrected chi connectivity index (χ0v) is 12.5. The van der Waals surface area contributed by atoms with E-state index in [0.717, 1.165) is 12.8 Å². The van der Waals surface area contributed by atoms with Crippen LogP contribution in [0.25, 0.3) is 11.4 Å². The summed E-state index contributed by atoms with van der Waals surface area (Å²) in [5.41, 5.74) is 1.35. The fourth-order valence-electron chi connectivity index (χ4n) is 2.21. The van der Waals surface area contributed by atoms with Gasteiger partial charge >= 0.3 is 0 Å². The SMILES string of the molecule is N#Cc1nc(-c2cc(Cl)ncn2)ccc1OC1CCOCC1. The zero-order chi connectivity index (χ0) is 15.4. The van der Waals surface area contributed by atoms with Gasteiger partial charge in [-0.3, -0.25) is 0 Å². The van der Waals surface area contributed by atoms with Crippen LogP contribution >= 0.6 is 11.6 Å². The van der Waals surface area contributed by atoms with Crippen molar-refractivity contribution in [1.29, 1.82) is 5.26 Å². The second-order valence-corrected chi connectivity index (χ2v) is 5.20. The van der Waals surface area contributed by atoms with E-state index in [0.29, 0.717) is 35.5 Å². The Balaban J connectivity index is 1.86. The molecule has 0 aromatic carbocycles. The first-order chi connectivity index (χ1) is 10.8. The first-order valence-corrected chi connectivity index (χ1v) is 7.27. The fraction of sp³-hybridized carbons (Fsp3) is 0.333. The lowest BCUT2D eigenvalue weighted by atomic mass is 10.1. The van der Waals surface area contributed by atoms with E-state index >= 15 is 0 Å². The minimum absolute atomic E-state index is 0.0574. The second-order valence-electron chi connectivity index (χ2n) is 4.81. The lowest BCUT2D eigenvalue weighted by molar-refractivity contribution is 0.0253. The smallest absolute Gasteiger partial charge is 0.183 e. The van der Waals surface area contributed by atoms with E-state index in [-0.39, 0.29) is 11.8 Å². The Morgan fingerprint density at radius 3 is 2.77 bits per heavy atom. The van der Waals surface area contributed by atoms with Crippen LogP contribution < -0.4 is 4.74 Å². The van der Waals surface area contributed by atoms with E-state index < -0.39 is 0 Å². The Hall–Kier alpha value is -2.23. The van der Waals surface area contributed by atoms with Gasteiger partial charge in [0.2, 0.25) is 0 Å². The molecule has 0 bridgehead atoms. The number of halogens is 1. The molecule has 0 amide bonds. The van der Waals surface area contributed by atoms with E-state index in [1.807, 2.05) is 0 Å². The van der Waals surface area contributed by atoms with Gasteiger partial charge in [-0.05, 0) is 12.1 Å². The van der Waals surface area contributed by atoms with Gasteiger partial charge in [0.1, 0.15) is 23.7 Å². The van der Waals surface area contributed by atoms with Crippen LogP contribution in [0.3, 0.4) is 0 Å². The van der Waals surface area contributed by atoms with Crippen LogP contribution in [-0.2, 0) is 4.74 Å². The van der Waals surface area contributed by atoms with Gasteiger partial charge in [-0.25, -0.2) is 15.0 Å². The maximum atomic E-state index is 9.30. The first-order valence-electron chi connectivity index (χ1n) is 6.90. The van der Waals surface area contributed by atoms with Gasteiger partial charge in [0.25, 0.3) is 0 Å². The number of nitriles is 1. The van der Waals surface area contributed by atoms with E-state index in [1.165, 1.54) is 6.33 Å². The summed E-state index contributed by atoms with van der Waals surface area (Å²) in [7, 11) is 0. The molecule has 1 fully saturated rings. The highest BCUT2D eigenvalue weighted by Gasteiger charge is 2.18. The normalized spacial score (nSPS) is 15.3. The Kier molecular flexibility index (Phi) is 4.47. The molecule has 0 spiro atoms. The number of hydrogen-bond acceptors (Lipinski definition) is 6.